The minimum absolute atomic E-state index is 0.0385. The van der Waals surface area contributed by atoms with Gasteiger partial charge in [0.15, 0.2) is 18.7 Å². The molecule has 0 aromatic rings. The highest BCUT2D eigenvalue weighted by Crippen LogP contribution is 2.49. The van der Waals surface area contributed by atoms with Crippen molar-refractivity contribution in [1.82, 2.24) is 0 Å². The number of carbonyl (C=O) groups is 3. The predicted molar refractivity (Wildman–Crippen MR) is 384 cm³/mol. The normalized spacial score (nSPS) is 27.3. The van der Waals surface area contributed by atoms with Crippen molar-refractivity contribution in [2.24, 2.45) is 0 Å². The molecule has 2 aliphatic heterocycles. The third-order valence-electron chi connectivity index (χ3n) is 19.2. The van der Waals surface area contributed by atoms with Crippen LogP contribution in [0.15, 0.2) is 36.5 Å². The van der Waals surface area contributed by atoms with Gasteiger partial charge in [0.1, 0.15) is 98.7 Å². The van der Waals surface area contributed by atoms with Crippen LogP contribution in [-0.2, 0) is 61.2 Å². The molecule has 0 spiro atoms. The summed E-state index contributed by atoms with van der Waals surface area (Å²) in [6, 6.07) is 0. The van der Waals surface area contributed by atoms with Gasteiger partial charge in [0.05, 0.1) is 13.2 Å². The van der Waals surface area contributed by atoms with Gasteiger partial charge in [-0.3, -0.25) is 18.6 Å². The summed E-state index contributed by atoms with van der Waals surface area (Å²) in [7, 11) is -5.71. The van der Waals surface area contributed by atoms with E-state index in [9.17, 15) is 74.9 Å². The summed E-state index contributed by atoms with van der Waals surface area (Å²) >= 11 is 0. The Bertz CT molecular complexity index is 2220. The summed E-state index contributed by atoms with van der Waals surface area (Å²) in [4.78, 5) is 51.0. The smallest absolute Gasteiger partial charge is 0.462 e. The molecule has 18 atom stereocenters. The van der Waals surface area contributed by atoms with Crippen molar-refractivity contribution in [2.45, 2.75) is 401 Å². The fourth-order valence-electron chi connectivity index (χ4n) is 12.8. The third-order valence-corrected chi connectivity index (χ3v) is 20.2. The van der Waals surface area contributed by atoms with Crippen LogP contribution >= 0.6 is 7.82 Å². The standard InChI is InChI=1S/C76H137O24P/c1-4-7-10-13-16-19-22-25-28-31-34-37-40-43-46-49-52-62(80)95-57(54-92-60(78)50-47-44-41-38-35-32-29-26-23-20-17-14-11-8-5-2)55-94-101(90,91)100-74-72(98-75-70(88)65(83)63(81)58(53-77)96-75)68(86)67(85)69(87)73(74)99-76-71(89)66(84)64(82)59(97-76)56-93-61(79)51-48-45-42-39-36-33-30-27-24-21-18-15-12-9-6-3/h20,23,42,45,48,51,57-59,63-77,81-89H,4-19,21-22,24-41,43-44,46-47,49-50,52-56H2,1-3H3,(H,90,91)/b23-20-,45-42+,51-48+. The summed E-state index contributed by atoms with van der Waals surface area (Å²) in [5, 5.41) is 110. The van der Waals surface area contributed by atoms with Crippen LogP contribution in [0.1, 0.15) is 297 Å². The SMILES string of the molecule is CCCCCC/C=C\CCCCCCCCCC(=O)OCC(COP(=O)(O)OC1C(OC2OC(CO)C(O)C(O)C2O)C(O)C(O)C(O)C1OC1OC(COC(=O)/C=C/C=C/CCCCCCCCCCCCC)C(O)C(O)C1O)OC(=O)CCCCCCCCCCCCCCCCCC. The molecule has 25 heteroatoms. The van der Waals surface area contributed by atoms with Gasteiger partial charge in [0.2, 0.25) is 0 Å². The lowest BCUT2D eigenvalue weighted by atomic mass is 9.84. The number of unbranched alkanes of at least 4 members (excludes halogenated alkanes) is 37. The molecule has 18 unspecified atom stereocenters. The zero-order chi connectivity index (χ0) is 73.9. The van der Waals surface area contributed by atoms with E-state index in [0.29, 0.717) is 12.8 Å². The number of phosphoric acid groups is 1. The van der Waals surface area contributed by atoms with Crippen molar-refractivity contribution in [2.75, 3.05) is 26.4 Å². The summed E-state index contributed by atoms with van der Waals surface area (Å²) < 4.78 is 64.9. The van der Waals surface area contributed by atoms with Crippen LogP contribution in [0.5, 0.6) is 0 Å². The van der Waals surface area contributed by atoms with Gasteiger partial charge in [-0.2, -0.15) is 0 Å². The number of ether oxygens (including phenoxy) is 7. The minimum atomic E-state index is -5.71. The van der Waals surface area contributed by atoms with Crippen LogP contribution in [0.4, 0.5) is 0 Å². The molecular weight excluding hydrogens is 1330 g/mol. The fourth-order valence-corrected chi connectivity index (χ4v) is 13.8. The maximum absolute atomic E-state index is 14.4. The third kappa shape index (κ3) is 40.1. The molecule has 24 nitrogen and oxygen atoms in total. The summed E-state index contributed by atoms with van der Waals surface area (Å²) in [6.07, 6.45) is 21.1. The molecule has 1 aliphatic carbocycles. The van der Waals surface area contributed by atoms with Gasteiger partial charge in [-0.15, -0.1) is 0 Å². The average Bonchev–Trinajstić information content (AvgIpc) is 0.760. The molecule has 0 aromatic carbocycles. The van der Waals surface area contributed by atoms with Gasteiger partial charge < -0.3 is 89.1 Å². The van der Waals surface area contributed by atoms with Crippen LogP contribution in [0, 0.1) is 0 Å². The van der Waals surface area contributed by atoms with Crippen molar-refractivity contribution in [3.05, 3.63) is 36.5 Å². The Morgan fingerprint density at radius 3 is 1.21 bits per heavy atom. The summed E-state index contributed by atoms with van der Waals surface area (Å²) in [5.41, 5.74) is 0. The highest BCUT2D eigenvalue weighted by molar-refractivity contribution is 7.47. The van der Waals surface area contributed by atoms with Gasteiger partial charge in [-0.1, -0.05) is 263 Å². The molecule has 2 saturated heterocycles. The quantitative estimate of drug-likeness (QED) is 0.00512. The van der Waals surface area contributed by atoms with E-state index in [1.54, 1.807) is 6.08 Å². The molecule has 11 N–H and O–H groups in total. The number of rotatable bonds is 61. The average molecular weight is 1470 g/mol. The Balaban J connectivity index is 1.73. The summed E-state index contributed by atoms with van der Waals surface area (Å²) in [5.74, 6) is -2.22. The molecule has 590 valence electrons. The topological polar surface area (TPSA) is 374 Å². The second kappa shape index (κ2) is 57.4. The van der Waals surface area contributed by atoms with Gasteiger partial charge in [-0.05, 0) is 51.4 Å². The van der Waals surface area contributed by atoms with Crippen LogP contribution in [0.25, 0.3) is 0 Å². The lowest BCUT2D eigenvalue weighted by Crippen LogP contribution is -2.69. The van der Waals surface area contributed by atoms with E-state index in [1.165, 1.54) is 147 Å². The zero-order valence-electron chi connectivity index (χ0n) is 61.7. The predicted octanol–water partition coefficient (Wildman–Crippen LogP) is 11.5. The second-order valence-electron chi connectivity index (χ2n) is 28.1. The number of phosphoric ester groups is 1. The molecule has 3 aliphatic rings. The van der Waals surface area contributed by atoms with Crippen LogP contribution in [0.2, 0.25) is 0 Å². The van der Waals surface area contributed by atoms with Crippen molar-refractivity contribution in [3.8, 4) is 0 Å². The zero-order valence-corrected chi connectivity index (χ0v) is 62.6. The maximum Gasteiger partial charge on any atom is 0.472 e. The van der Waals surface area contributed by atoms with Gasteiger partial charge >= 0.3 is 25.7 Å². The Morgan fingerprint density at radius 1 is 0.406 bits per heavy atom. The lowest BCUT2D eigenvalue weighted by molar-refractivity contribution is -0.360. The number of aliphatic hydroxyl groups excluding tert-OH is 10. The van der Waals surface area contributed by atoms with Gasteiger partial charge in [-0.25, -0.2) is 9.36 Å². The van der Waals surface area contributed by atoms with E-state index in [1.807, 2.05) is 6.08 Å². The first-order valence-electron chi connectivity index (χ1n) is 39.3. The highest BCUT2D eigenvalue weighted by atomic mass is 31.2. The van der Waals surface area contributed by atoms with E-state index < -0.39 is 156 Å². The monoisotopic (exact) mass is 1460 g/mol. The number of aliphatic hydroxyl groups is 10. The van der Waals surface area contributed by atoms with Gasteiger partial charge in [0, 0.05) is 18.9 Å². The number of allylic oxidation sites excluding steroid dienone is 5. The van der Waals surface area contributed by atoms with Crippen molar-refractivity contribution >= 4 is 25.7 Å². The fraction of sp³-hybridized carbons (Fsp3) is 0.882. The molecule has 2 heterocycles. The number of hydrogen-bond acceptors (Lipinski definition) is 23. The molecule has 0 amide bonds. The van der Waals surface area contributed by atoms with E-state index >= 15 is 0 Å². The van der Waals surface area contributed by atoms with Crippen molar-refractivity contribution in [1.29, 1.82) is 0 Å². The number of carbonyl (C=O) groups excluding carboxylic acids is 3. The number of esters is 3. The first-order valence-corrected chi connectivity index (χ1v) is 40.8. The first-order chi connectivity index (χ1) is 48.8. The molecule has 1 saturated carbocycles. The Labute approximate surface area is 604 Å². The van der Waals surface area contributed by atoms with Crippen molar-refractivity contribution < 1.29 is 117 Å². The second-order valence-corrected chi connectivity index (χ2v) is 29.5. The lowest BCUT2D eigenvalue weighted by Gasteiger charge is -2.49. The largest absolute Gasteiger partial charge is 0.472 e. The molecular formula is C76H137O24P. The van der Waals surface area contributed by atoms with Gasteiger partial charge in [0.25, 0.3) is 0 Å². The van der Waals surface area contributed by atoms with Crippen molar-refractivity contribution in [3.63, 3.8) is 0 Å². The van der Waals surface area contributed by atoms with E-state index in [0.717, 1.165) is 115 Å². The Morgan fingerprint density at radius 2 is 0.772 bits per heavy atom. The summed E-state index contributed by atoms with van der Waals surface area (Å²) in [6.45, 7) is 3.37. The molecule has 101 heavy (non-hydrogen) atoms. The molecule has 0 aromatic heterocycles. The van der Waals surface area contributed by atoms with Crippen LogP contribution < -0.4 is 0 Å². The molecule has 3 fully saturated rings. The Hall–Kier alpha value is -2.82. The maximum atomic E-state index is 14.4. The first kappa shape index (κ1) is 92.4. The molecule has 0 bridgehead atoms. The Kier molecular flexibility index (Phi) is 52.5. The van der Waals surface area contributed by atoms with E-state index in [2.05, 4.69) is 32.9 Å². The van der Waals surface area contributed by atoms with Crippen LogP contribution in [-0.4, -0.2) is 204 Å². The minimum Gasteiger partial charge on any atom is -0.462 e. The van der Waals surface area contributed by atoms with Crippen LogP contribution in [0.3, 0.4) is 0 Å². The molecule has 3 rings (SSSR count). The number of hydrogen-bond donors (Lipinski definition) is 11. The molecule has 0 radical (unpaired) electrons. The highest BCUT2D eigenvalue weighted by Gasteiger charge is 2.58. The van der Waals surface area contributed by atoms with E-state index in [4.69, 9.17) is 42.2 Å². The van der Waals surface area contributed by atoms with E-state index in [-0.39, 0.29) is 12.8 Å².